The molecule has 0 aliphatic heterocycles. The summed E-state index contributed by atoms with van der Waals surface area (Å²) >= 11 is 12.1. The van der Waals surface area contributed by atoms with E-state index in [2.05, 4.69) is 20.6 Å². The van der Waals surface area contributed by atoms with Gasteiger partial charge in [-0.3, -0.25) is 4.79 Å². The van der Waals surface area contributed by atoms with E-state index in [1.807, 2.05) is 0 Å². The molecule has 9 heteroatoms. The molecule has 1 aromatic heterocycles. The molecule has 0 radical (unpaired) electrons. The second-order valence-corrected chi connectivity index (χ2v) is 5.87. The number of para-hydroxylation sites is 2. The molecule has 0 aliphatic rings. The second-order valence-electron chi connectivity index (χ2n) is 5.06. The van der Waals surface area contributed by atoms with Gasteiger partial charge < -0.3 is 10.6 Å². The van der Waals surface area contributed by atoms with Gasteiger partial charge in [-0.15, -0.1) is 0 Å². The number of carbonyl (C=O) groups excluding carboxylic acids is 1. The zero-order valence-corrected chi connectivity index (χ0v) is 14.4. The number of amides is 1. The lowest BCUT2D eigenvalue weighted by molar-refractivity contribution is 0.102. The second kappa shape index (κ2) is 7.63. The lowest BCUT2D eigenvalue weighted by Gasteiger charge is -2.10. The Kier molecular flexibility index (Phi) is 5.29. The molecule has 132 valence electrons. The van der Waals surface area contributed by atoms with Crippen LogP contribution in [0.3, 0.4) is 0 Å². The van der Waals surface area contributed by atoms with E-state index in [1.54, 1.807) is 18.2 Å². The number of carbonyl (C=O) groups is 1. The Morgan fingerprint density at radius 3 is 2.08 bits per heavy atom. The fourth-order valence-corrected chi connectivity index (χ4v) is 2.54. The van der Waals surface area contributed by atoms with Crippen LogP contribution in [0.25, 0.3) is 0 Å². The fraction of sp³-hybridized carbons (Fsp3) is 0. The van der Waals surface area contributed by atoms with E-state index < -0.39 is 23.2 Å². The molecule has 0 bridgehead atoms. The third-order valence-corrected chi connectivity index (χ3v) is 3.93. The van der Waals surface area contributed by atoms with Crippen molar-refractivity contribution >= 4 is 46.3 Å². The minimum Gasteiger partial charge on any atom is -0.337 e. The van der Waals surface area contributed by atoms with Crippen LogP contribution in [0.15, 0.2) is 48.8 Å². The summed E-state index contributed by atoms with van der Waals surface area (Å²) in [6, 6.07) is 8.24. The van der Waals surface area contributed by atoms with Crippen molar-refractivity contribution in [1.82, 2.24) is 9.97 Å². The number of hydrogen-bond donors (Lipinski definition) is 2. The molecule has 1 amide bonds. The minimum atomic E-state index is -0.891. The highest BCUT2D eigenvalue weighted by Crippen LogP contribution is 2.31. The normalized spacial score (nSPS) is 10.5. The highest BCUT2D eigenvalue weighted by Gasteiger charge is 2.15. The van der Waals surface area contributed by atoms with Crippen LogP contribution in [0.1, 0.15) is 10.5 Å². The summed E-state index contributed by atoms with van der Waals surface area (Å²) in [6.45, 7) is 0. The Balaban J connectivity index is 1.76. The number of nitrogens with zero attached hydrogens (tertiary/aromatic N) is 2. The third-order valence-electron chi connectivity index (χ3n) is 3.30. The average Bonchev–Trinajstić information content (AvgIpc) is 2.62. The SMILES string of the molecule is O=C(Nc1c(F)cccc1F)c1cnc(Nc2c(Cl)cccc2Cl)cn1. The lowest BCUT2D eigenvalue weighted by atomic mass is 10.2. The van der Waals surface area contributed by atoms with E-state index in [0.717, 1.165) is 18.3 Å². The van der Waals surface area contributed by atoms with Gasteiger partial charge in [0, 0.05) is 0 Å². The van der Waals surface area contributed by atoms with Crippen molar-refractivity contribution < 1.29 is 13.6 Å². The van der Waals surface area contributed by atoms with Crippen LogP contribution in [0.2, 0.25) is 10.0 Å². The molecule has 2 aromatic carbocycles. The van der Waals surface area contributed by atoms with Gasteiger partial charge in [0.15, 0.2) is 0 Å². The molecule has 0 aliphatic carbocycles. The molecular formula is C17H10Cl2F2N4O. The maximum absolute atomic E-state index is 13.6. The van der Waals surface area contributed by atoms with E-state index in [-0.39, 0.29) is 11.5 Å². The maximum atomic E-state index is 13.6. The molecule has 0 saturated carbocycles. The van der Waals surface area contributed by atoms with E-state index >= 15 is 0 Å². The van der Waals surface area contributed by atoms with Crippen molar-refractivity contribution in [2.45, 2.75) is 0 Å². The lowest BCUT2D eigenvalue weighted by Crippen LogP contribution is -2.16. The van der Waals surface area contributed by atoms with Crippen LogP contribution in [0.5, 0.6) is 0 Å². The topological polar surface area (TPSA) is 66.9 Å². The van der Waals surface area contributed by atoms with Crippen molar-refractivity contribution in [3.05, 3.63) is 76.2 Å². The molecule has 3 rings (SSSR count). The Hall–Kier alpha value is -2.77. The van der Waals surface area contributed by atoms with Crippen molar-refractivity contribution in [2.75, 3.05) is 10.6 Å². The molecule has 3 aromatic rings. The summed E-state index contributed by atoms with van der Waals surface area (Å²) in [5.74, 6) is -2.30. The molecule has 0 saturated heterocycles. The first kappa shape index (κ1) is 18.0. The first-order chi connectivity index (χ1) is 12.5. The Bertz CT molecular complexity index is 927. The van der Waals surface area contributed by atoms with E-state index in [1.165, 1.54) is 12.3 Å². The molecule has 0 fully saturated rings. The smallest absolute Gasteiger partial charge is 0.276 e. The van der Waals surface area contributed by atoms with Gasteiger partial charge >= 0.3 is 0 Å². The zero-order valence-electron chi connectivity index (χ0n) is 12.9. The Labute approximate surface area is 157 Å². The zero-order chi connectivity index (χ0) is 18.7. The third kappa shape index (κ3) is 3.89. The number of benzene rings is 2. The van der Waals surface area contributed by atoms with Gasteiger partial charge in [-0.2, -0.15) is 0 Å². The molecule has 26 heavy (non-hydrogen) atoms. The molecule has 0 atom stereocenters. The number of aromatic nitrogens is 2. The van der Waals surface area contributed by atoms with Gasteiger partial charge in [0.2, 0.25) is 0 Å². The number of nitrogens with one attached hydrogen (secondary N) is 2. The largest absolute Gasteiger partial charge is 0.337 e. The summed E-state index contributed by atoms with van der Waals surface area (Å²) in [5, 5.41) is 5.78. The summed E-state index contributed by atoms with van der Waals surface area (Å²) in [5.41, 5.74) is -0.233. The fourth-order valence-electron chi connectivity index (χ4n) is 2.05. The molecule has 1 heterocycles. The summed E-state index contributed by atoms with van der Waals surface area (Å²) < 4.78 is 27.2. The van der Waals surface area contributed by atoms with E-state index in [9.17, 15) is 13.6 Å². The standard InChI is InChI=1S/C17H10Cl2F2N4O/c18-9-3-1-4-10(19)15(9)24-14-8-22-13(7-23-14)17(26)25-16-11(20)5-2-6-12(16)21/h1-8H,(H,23,24)(H,25,26). The predicted molar refractivity (Wildman–Crippen MR) is 96.1 cm³/mol. The van der Waals surface area contributed by atoms with Crippen LogP contribution in [0, 0.1) is 11.6 Å². The van der Waals surface area contributed by atoms with Crippen molar-refractivity contribution in [2.24, 2.45) is 0 Å². The predicted octanol–water partition coefficient (Wildman–Crippen LogP) is 5.06. The van der Waals surface area contributed by atoms with Crippen LogP contribution < -0.4 is 10.6 Å². The number of rotatable bonds is 4. The van der Waals surface area contributed by atoms with Crippen LogP contribution >= 0.6 is 23.2 Å². The first-order valence-corrected chi connectivity index (χ1v) is 7.99. The number of anilines is 3. The Morgan fingerprint density at radius 2 is 1.50 bits per heavy atom. The summed E-state index contributed by atoms with van der Waals surface area (Å²) in [6.07, 6.45) is 2.42. The maximum Gasteiger partial charge on any atom is 0.276 e. The number of halogens is 4. The monoisotopic (exact) mass is 394 g/mol. The number of hydrogen-bond acceptors (Lipinski definition) is 4. The van der Waals surface area contributed by atoms with Gasteiger partial charge in [0.1, 0.15) is 28.8 Å². The summed E-state index contributed by atoms with van der Waals surface area (Å²) in [4.78, 5) is 20.0. The van der Waals surface area contributed by atoms with Crippen molar-refractivity contribution in [3.63, 3.8) is 0 Å². The Morgan fingerprint density at radius 1 is 0.885 bits per heavy atom. The van der Waals surface area contributed by atoms with Crippen molar-refractivity contribution in [1.29, 1.82) is 0 Å². The van der Waals surface area contributed by atoms with Crippen LogP contribution in [-0.4, -0.2) is 15.9 Å². The molecule has 2 N–H and O–H groups in total. The average molecular weight is 395 g/mol. The van der Waals surface area contributed by atoms with Crippen LogP contribution in [0.4, 0.5) is 26.0 Å². The highest BCUT2D eigenvalue weighted by atomic mass is 35.5. The van der Waals surface area contributed by atoms with Crippen LogP contribution in [-0.2, 0) is 0 Å². The van der Waals surface area contributed by atoms with Gasteiger partial charge in [-0.1, -0.05) is 35.3 Å². The van der Waals surface area contributed by atoms with E-state index in [4.69, 9.17) is 23.2 Å². The minimum absolute atomic E-state index is 0.122. The summed E-state index contributed by atoms with van der Waals surface area (Å²) in [7, 11) is 0. The molecular weight excluding hydrogens is 385 g/mol. The quantitative estimate of drug-likeness (QED) is 0.648. The van der Waals surface area contributed by atoms with Gasteiger partial charge in [0.05, 0.1) is 28.1 Å². The molecule has 0 spiro atoms. The molecule has 5 nitrogen and oxygen atoms in total. The van der Waals surface area contributed by atoms with Gasteiger partial charge in [0.25, 0.3) is 5.91 Å². The van der Waals surface area contributed by atoms with Crippen molar-refractivity contribution in [3.8, 4) is 0 Å². The highest BCUT2D eigenvalue weighted by molar-refractivity contribution is 6.39. The molecule has 0 unspecified atom stereocenters. The van der Waals surface area contributed by atoms with Gasteiger partial charge in [-0.25, -0.2) is 18.7 Å². The first-order valence-electron chi connectivity index (χ1n) is 7.24. The van der Waals surface area contributed by atoms with Gasteiger partial charge in [-0.05, 0) is 24.3 Å². The van der Waals surface area contributed by atoms with E-state index in [0.29, 0.717) is 15.7 Å².